The topological polar surface area (TPSA) is 52.6 Å². The van der Waals surface area contributed by atoms with Crippen LogP contribution in [0.3, 0.4) is 0 Å². The number of aliphatic hydroxyl groups is 1. The molecule has 21 heavy (non-hydrogen) atoms. The second kappa shape index (κ2) is 7.09. The lowest BCUT2D eigenvalue weighted by atomic mass is 9.87. The lowest BCUT2D eigenvalue weighted by Gasteiger charge is -2.34. The third kappa shape index (κ3) is 3.96. The van der Waals surface area contributed by atoms with Crippen molar-refractivity contribution >= 4 is 6.03 Å². The van der Waals surface area contributed by atoms with Gasteiger partial charge >= 0.3 is 6.03 Å². The summed E-state index contributed by atoms with van der Waals surface area (Å²) in [5.74, 6) is 2.12. The number of hydrogen-bond donors (Lipinski definition) is 2. The molecule has 2 N–H and O–H groups in total. The van der Waals surface area contributed by atoms with Crippen molar-refractivity contribution in [3.63, 3.8) is 0 Å². The van der Waals surface area contributed by atoms with Crippen molar-refractivity contribution in [2.75, 3.05) is 19.6 Å². The van der Waals surface area contributed by atoms with Gasteiger partial charge in [0.2, 0.25) is 0 Å². The van der Waals surface area contributed by atoms with Crippen LogP contribution >= 0.6 is 0 Å². The highest BCUT2D eigenvalue weighted by molar-refractivity contribution is 5.74. The standard InChI is InChI=1S/C16H19FN2O2/c1-2-9-18-16(21)19-10-7-13(8-11-19)15(20)12-3-5-14(17)6-4-12/h1,3-6,13,15,20H,7-11H2,(H,18,21). The summed E-state index contributed by atoms with van der Waals surface area (Å²) in [6.07, 6.45) is 5.90. The molecule has 0 spiro atoms. The minimum atomic E-state index is -0.624. The molecule has 1 heterocycles. The van der Waals surface area contributed by atoms with E-state index in [-0.39, 0.29) is 24.3 Å². The molecule has 0 bridgehead atoms. The van der Waals surface area contributed by atoms with E-state index in [9.17, 15) is 14.3 Å². The summed E-state index contributed by atoms with van der Waals surface area (Å²) < 4.78 is 12.9. The number of carbonyl (C=O) groups is 1. The highest BCUT2D eigenvalue weighted by Crippen LogP contribution is 2.30. The van der Waals surface area contributed by atoms with Gasteiger partial charge in [0.25, 0.3) is 0 Å². The van der Waals surface area contributed by atoms with Crippen LogP contribution in [0.25, 0.3) is 0 Å². The smallest absolute Gasteiger partial charge is 0.318 e. The first-order chi connectivity index (χ1) is 10.1. The van der Waals surface area contributed by atoms with E-state index >= 15 is 0 Å². The summed E-state index contributed by atoms with van der Waals surface area (Å²) in [6.45, 7) is 1.38. The van der Waals surface area contributed by atoms with Crippen LogP contribution in [0.1, 0.15) is 24.5 Å². The summed E-state index contributed by atoms with van der Waals surface area (Å²) in [5, 5.41) is 13.0. The van der Waals surface area contributed by atoms with Gasteiger partial charge < -0.3 is 15.3 Å². The van der Waals surface area contributed by atoms with E-state index in [0.29, 0.717) is 31.5 Å². The van der Waals surface area contributed by atoms with Crippen LogP contribution in [-0.4, -0.2) is 35.7 Å². The van der Waals surface area contributed by atoms with Gasteiger partial charge in [-0.15, -0.1) is 6.42 Å². The predicted molar refractivity (Wildman–Crippen MR) is 77.9 cm³/mol. The average Bonchev–Trinajstić information content (AvgIpc) is 2.53. The number of rotatable bonds is 3. The Morgan fingerprint density at radius 2 is 2.05 bits per heavy atom. The van der Waals surface area contributed by atoms with Gasteiger partial charge in [0, 0.05) is 13.1 Å². The van der Waals surface area contributed by atoms with Crippen molar-refractivity contribution in [3.05, 3.63) is 35.6 Å². The zero-order chi connectivity index (χ0) is 15.2. The molecule has 0 radical (unpaired) electrons. The van der Waals surface area contributed by atoms with Crippen LogP contribution in [0, 0.1) is 24.1 Å². The highest BCUT2D eigenvalue weighted by Gasteiger charge is 2.28. The van der Waals surface area contributed by atoms with Crippen molar-refractivity contribution in [2.24, 2.45) is 5.92 Å². The lowest BCUT2D eigenvalue weighted by molar-refractivity contribution is 0.0666. The van der Waals surface area contributed by atoms with Crippen LogP contribution in [0.15, 0.2) is 24.3 Å². The van der Waals surface area contributed by atoms with Crippen molar-refractivity contribution < 1.29 is 14.3 Å². The first kappa shape index (κ1) is 15.3. The third-order valence-electron chi connectivity index (χ3n) is 3.83. The number of amides is 2. The fraction of sp³-hybridized carbons (Fsp3) is 0.438. The lowest BCUT2D eigenvalue weighted by Crippen LogP contribution is -2.45. The molecule has 1 atom stereocenters. The third-order valence-corrected chi connectivity index (χ3v) is 3.83. The quantitative estimate of drug-likeness (QED) is 0.836. The van der Waals surface area contributed by atoms with Gasteiger partial charge in [0.1, 0.15) is 5.82 Å². The largest absolute Gasteiger partial charge is 0.388 e. The molecule has 1 unspecified atom stereocenters. The van der Waals surface area contributed by atoms with Gasteiger partial charge in [-0.3, -0.25) is 0 Å². The number of urea groups is 1. The number of hydrogen-bond acceptors (Lipinski definition) is 2. The Hall–Kier alpha value is -2.06. The van der Waals surface area contributed by atoms with Gasteiger partial charge in [-0.25, -0.2) is 9.18 Å². The Morgan fingerprint density at radius 1 is 1.43 bits per heavy atom. The summed E-state index contributed by atoms with van der Waals surface area (Å²) >= 11 is 0. The van der Waals surface area contributed by atoms with Crippen LogP contribution in [0.2, 0.25) is 0 Å². The Morgan fingerprint density at radius 3 is 2.62 bits per heavy atom. The van der Waals surface area contributed by atoms with E-state index in [4.69, 9.17) is 6.42 Å². The zero-order valence-corrected chi connectivity index (χ0v) is 11.8. The van der Waals surface area contributed by atoms with Gasteiger partial charge in [0.15, 0.2) is 0 Å². The van der Waals surface area contributed by atoms with E-state index in [1.165, 1.54) is 12.1 Å². The molecular formula is C16H19FN2O2. The molecule has 1 aromatic rings. The van der Waals surface area contributed by atoms with E-state index in [2.05, 4.69) is 11.2 Å². The molecule has 1 saturated heterocycles. The van der Waals surface area contributed by atoms with Gasteiger partial charge in [-0.05, 0) is 36.5 Å². The van der Waals surface area contributed by atoms with Crippen molar-refractivity contribution in [3.8, 4) is 12.3 Å². The zero-order valence-electron chi connectivity index (χ0n) is 11.8. The average molecular weight is 290 g/mol. The Bertz CT molecular complexity index is 516. The molecule has 1 aliphatic rings. The number of nitrogens with one attached hydrogen (secondary N) is 1. The summed E-state index contributed by atoms with van der Waals surface area (Å²) in [7, 11) is 0. The Labute approximate surface area is 124 Å². The number of terminal acetylenes is 1. The maximum atomic E-state index is 12.9. The monoisotopic (exact) mass is 290 g/mol. The number of aliphatic hydroxyl groups excluding tert-OH is 1. The SMILES string of the molecule is C#CCNC(=O)N1CCC(C(O)c2ccc(F)cc2)CC1. The highest BCUT2D eigenvalue weighted by atomic mass is 19.1. The van der Waals surface area contributed by atoms with Crippen LogP contribution in [-0.2, 0) is 0 Å². The van der Waals surface area contributed by atoms with E-state index in [1.807, 2.05) is 0 Å². The molecule has 0 aromatic heterocycles. The molecule has 0 aliphatic carbocycles. The van der Waals surface area contributed by atoms with Gasteiger partial charge in [0.05, 0.1) is 12.6 Å². The van der Waals surface area contributed by atoms with E-state index in [0.717, 1.165) is 0 Å². The maximum Gasteiger partial charge on any atom is 0.318 e. The number of halogens is 1. The predicted octanol–water partition coefficient (Wildman–Crippen LogP) is 1.91. The van der Waals surface area contributed by atoms with Gasteiger partial charge in [-0.1, -0.05) is 18.1 Å². The Balaban J connectivity index is 1.87. The molecule has 1 fully saturated rings. The number of carbonyl (C=O) groups excluding carboxylic acids is 1. The first-order valence-corrected chi connectivity index (χ1v) is 7.01. The second-order valence-corrected chi connectivity index (χ2v) is 5.18. The fourth-order valence-corrected chi connectivity index (χ4v) is 2.59. The van der Waals surface area contributed by atoms with Gasteiger partial charge in [-0.2, -0.15) is 0 Å². The number of nitrogens with zero attached hydrogens (tertiary/aromatic N) is 1. The molecule has 2 rings (SSSR count). The van der Waals surface area contributed by atoms with Crippen molar-refractivity contribution in [1.82, 2.24) is 10.2 Å². The molecule has 112 valence electrons. The molecule has 0 saturated carbocycles. The number of likely N-dealkylation sites (tertiary alicyclic amines) is 1. The van der Waals surface area contributed by atoms with Crippen LogP contribution in [0.4, 0.5) is 9.18 Å². The number of benzene rings is 1. The van der Waals surface area contributed by atoms with E-state index < -0.39 is 6.10 Å². The molecule has 1 aliphatic heterocycles. The molecule has 1 aromatic carbocycles. The van der Waals surface area contributed by atoms with Crippen LogP contribution < -0.4 is 5.32 Å². The minimum Gasteiger partial charge on any atom is -0.388 e. The molecule has 5 heteroatoms. The Kier molecular flexibility index (Phi) is 5.18. The van der Waals surface area contributed by atoms with Crippen molar-refractivity contribution in [2.45, 2.75) is 18.9 Å². The summed E-state index contributed by atoms with van der Waals surface area (Å²) in [6, 6.07) is 5.74. The van der Waals surface area contributed by atoms with E-state index in [1.54, 1.807) is 17.0 Å². The van der Waals surface area contributed by atoms with Crippen LogP contribution in [0.5, 0.6) is 0 Å². The summed E-state index contributed by atoms with van der Waals surface area (Å²) in [4.78, 5) is 13.5. The minimum absolute atomic E-state index is 0.0761. The summed E-state index contributed by atoms with van der Waals surface area (Å²) in [5.41, 5.74) is 0.714. The maximum absolute atomic E-state index is 12.9. The molecular weight excluding hydrogens is 271 g/mol. The fourth-order valence-electron chi connectivity index (χ4n) is 2.59. The number of piperidine rings is 1. The first-order valence-electron chi connectivity index (χ1n) is 7.01. The van der Waals surface area contributed by atoms with Crippen molar-refractivity contribution in [1.29, 1.82) is 0 Å². The molecule has 2 amide bonds. The molecule has 4 nitrogen and oxygen atoms in total. The second-order valence-electron chi connectivity index (χ2n) is 5.18. The normalized spacial score (nSPS) is 17.1.